The van der Waals surface area contributed by atoms with E-state index in [0.717, 1.165) is 25.7 Å². The van der Waals surface area contributed by atoms with Gasteiger partial charge in [-0.25, -0.2) is 4.98 Å². The zero-order chi connectivity index (χ0) is 14.1. The molecule has 1 heterocycles. The molecule has 0 spiro atoms. The number of carbonyl (C=O) groups excluding carboxylic acids is 1. The van der Waals surface area contributed by atoms with Crippen molar-refractivity contribution in [3.63, 3.8) is 0 Å². The number of rotatable bonds is 3. The van der Waals surface area contributed by atoms with Crippen molar-refractivity contribution >= 4 is 5.91 Å². The molecule has 6 heteroatoms. The molecule has 1 amide bonds. The van der Waals surface area contributed by atoms with Gasteiger partial charge in [-0.1, -0.05) is 33.6 Å². The number of carbonyl (C=O) groups is 1. The van der Waals surface area contributed by atoms with Crippen LogP contribution in [-0.4, -0.2) is 38.3 Å². The van der Waals surface area contributed by atoms with Crippen LogP contribution in [-0.2, 0) is 5.41 Å². The van der Waals surface area contributed by atoms with Gasteiger partial charge in [-0.05, 0) is 12.8 Å². The molecule has 0 aliphatic heterocycles. The summed E-state index contributed by atoms with van der Waals surface area (Å²) >= 11 is 0. The normalized spacial score (nSPS) is 18.5. The second-order valence-corrected chi connectivity index (χ2v) is 6.36. The Labute approximate surface area is 113 Å². The predicted molar refractivity (Wildman–Crippen MR) is 70.8 cm³/mol. The molecule has 0 aromatic carbocycles. The highest BCUT2D eigenvalue weighted by atomic mass is 16.3. The third-order valence-corrected chi connectivity index (χ3v) is 3.64. The van der Waals surface area contributed by atoms with Gasteiger partial charge in [-0.2, -0.15) is 0 Å². The fraction of sp³-hybridized carbons (Fsp3) is 0.769. The summed E-state index contributed by atoms with van der Waals surface area (Å²) in [6.45, 7) is 5.97. The molecule has 3 N–H and O–H groups in total. The Kier molecular flexibility index (Phi) is 3.62. The summed E-state index contributed by atoms with van der Waals surface area (Å²) in [5, 5.41) is 19.1. The van der Waals surface area contributed by atoms with Crippen molar-refractivity contribution in [1.82, 2.24) is 20.5 Å². The third-order valence-electron chi connectivity index (χ3n) is 3.64. The third kappa shape index (κ3) is 2.94. The van der Waals surface area contributed by atoms with E-state index >= 15 is 0 Å². The van der Waals surface area contributed by atoms with Crippen molar-refractivity contribution in [1.29, 1.82) is 0 Å². The maximum Gasteiger partial charge on any atom is 0.291 e. The summed E-state index contributed by atoms with van der Waals surface area (Å²) in [6.07, 6.45) is 3.68. The fourth-order valence-corrected chi connectivity index (χ4v) is 2.37. The molecule has 1 aromatic heterocycles. The van der Waals surface area contributed by atoms with Crippen LogP contribution < -0.4 is 5.32 Å². The van der Waals surface area contributed by atoms with Crippen molar-refractivity contribution in [2.75, 3.05) is 6.61 Å². The first-order chi connectivity index (χ1) is 8.86. The zero-order valence-corrected chi connectivity index (χ0v) is 11.8. The maximum absolute atomic E-state index is 12.1. The van der Waals surface area contributed by atoms with Gasteiger partial charge in [0.25, 0.3) is 5.91 Å². The number of aromatic nitrogens is 3. The number of aliphatic hydroxyl groups is 1. The van der Waals surface area contributed by atoms with Crippen molar-refractivity contribution in [3.8, 4) is 0 Å². The molecule has 1 aliphatic carbocycles. The summed E-state index contributed by atoms with van der Waals surface area (Å²) in [5.41, 5.74) is -0.660. The lowest BCUT2D eigenvalue weighted by Crippen LogP contribution is -2.49. The second-order valence-electron chi connectivity index (χ2n) is 6.36. The van der Waals surface area contributed by atoms with E-state index < -0.39 is 5.54 Å². The lowest BCUT2D eigenvalue weighted by molar-refractivity contribution is 0.0828. The first-order valence-electron chi connectivity index (χ1n) is 6.73. The van der Waals surface area contributed by atoms with E-state index in [2.05, 4.69) is 20.5 Å². The van der Waals surface area contributed by atoms with Crippen LogP contribution in [0.3, 0.4) is 0 Å². The van der Waals surface area contributed by atoms with Gasteiger partial charge in [0.1, 0.15) is 5.82 Å². The van der Waals surface area contributed by atoms with Crippen LogP contribution in [0.5, 0.6) is 0 Å². The topological polar surface area (TPSA) is 90.9 Å². The molecule has 0 radical (unpaired) electrons. The summed E-state index contributed by atoms with van der Waals surface area (Å²) in [5.74, 6) is 0.509. The minimum absolute atomic E-state index is 0.0324. The molecular weight excluding hydrogens is 244 g/mol. The number of hydrogen-bond donors (Lipinski definition) is 3. The molecule has 0 unspecified atom stereocenters. The van der Waals surface area contributed by atoms with Gasteiger partial charge >= 0.3 is 0 Å². The molecule has 1 aliphatic rings. The number of nitrogens with one attached hydrogen (secondary N) is 2. The van der Waals surface area contributed by atoms with E-state index in [1.165, 1.54) is 0 Å². The first-order valence-corrected chi connectivity index (χ1v) is 6.73. The lowest BCUT2D eigenvalue weighted by atomic mass is 9.96. The van der Waals surface area contributed by atoms with E-state index in [4.69, 9.17) is 0 Å². The van der Waals surface area contributed by atoms with Gasteiger partial charge in [0, 0.05) is 5.41 Å². The van der Waals surface area contributed by atoms with Gasteiger partial charge < -0.3 is 10.4 Å². The van der Waals surface area contributed by atoms with Crippen molar-refractivity contribution < 1.29 is 9.90 Å². The monoisotopic (exact) mass is 266 g/mol. The Bertz CT molecular complexity index is 455. The highest BCUT2D eigenvalue weighted by molar-refractivity contribution is 5.91. The molecule has 0 bridgehead atoms. The van der Waals surface area contributed by atoms with Crippen molar-refractivity contribution in [2.24, 2.45) is 0 Å². The molecule has 106 valence electrons. The Hall–Kier alpha value is -1.43. The van der Waals surface area contributed by atoms with Crippen LogP contribution in [0.1, 0.15) is 62.9 Å². The van der Waals surface area contributed by atoms with E-state index in [0.29, 0.717) is 5.82 Å². The van der Waals surface area contributed by atoms with Crippen molar-refractivity contribution in [2.45, 2.75) is 57.4 Å². The molecule has 1 saturated carbocycles. The predicted octanol–water partition coefficient (Wildman–Crippen LogP) is 1.14. The smallest absolute Gasteiger partial charge is 0.291 e. The molecule has 0 atom stereocenters. The molecule has 19 heavy (non-hydrogen) atoms. The van der Waals surface area contributed by atoms with Crippen LogP contribution in [0.25, 0.3) is 0 Å². The lowest BCUT2D eigenvalue weighted by Gasteiger charge is -2.27. The fourth-order valence-electron chi connectivity index (χ4n) is 2.37. The molecule has 1 aromatic rings. The minimum atomic E-state index is -0.486. The van der Waals surface area contributed by atoms with Gasteiger partial charge in [0.15, 0.2) is 0 Å². The number of hydrogen-bond acceptors (Lipinski definition) is 4. The van der Waals surface area contributed by atoms with Crippen molar-refractivity contribution in [3.05, 3.63) is 11.6 Å². The quantitative estimate of drug-likeness (QED) is 0.765. The van der Waals surface area contributed by atoms with Gasteiger partial charge in [-0.3, -0.25) is 9.89 Å². The molecule has 0 saturated heterocycles. The summed E-state index contributed by atoms with van der Waals surface area (Å²) in [6, 6.07) is 0. The zero-order valence-electron chi connectivity index (χ0n) is 11.8. The van der Waals surface area contributed by atoms with Crippen LogP contribution >= 0.6 is 0 Å². The van der Waals surface area contributed by atoms with Crippen LogP contribution in [0.15, 0.2) is 0 Å². The number of aromatic amines is 1. The van der Waals surface area contributed by atoms with Crippen LogP contribution in [0, 0.1) is 0 Å². The Morgan fingerprint density at radius 3 is 2.53 bits per heavy atom. The van der Waals surface area contributed by atoms with Gasteiger partial charge in [-0.15, -0.1) is 5.10 Å². The highest BCUT2D eigenvalue weighted by Gasteiger charge is 2.35. The SMILES string of the molecule is CC(C)(C)c1nc(C(=O)NC2(CO)CCCC2)n[nH]1. The molecular formula is C13H22N4O2. The number of aliphatic hydroxyl groups excluding tert-OH is 1. The number of nitrogens with zero attached hydrogens (tertiary/aromatic N) is 2. The maximum atomic E-state index is 12.1. The average Bonchev–Trinajstić information content (AvgIpc) is 2.97. The van der Waals surface area contributed by atoms with E-state index in [9.17, 15) is 9.90 Å². The van der Waals surface area contributed by atoms with E-state index in [1.807, 2.05) is 20.8 Å². The van der Waals surface area contributed by atoms with E-state index in [1.54, 1.807) is 0 Å². The highest BCUT2D eigenvalue weighted by Crippen LogP contribution is 2.29. The summed E-state index contributed by atoms with van der Waals surface area (Å²) < 4.78 is 0. The Balaban J connectivity index is 2.10. The van der Waals surface area contributed by atoms with E-state index in [-0.39, 0.29) is 23.8 Å². The Morgan fingerprint density at radius 2 is 2.05 bits per heavy atom. The standard InChI is InChI=1S/C13H22N4O2/c1-12(2,3)11-14-9(16-17-11)10(19)15-13(8-18)6-4-5-7-13/h18H,4-8H2,1-3H3,(H,15,19)(H,14,16,17). The second kappa shape index (κ2) is 4.92. The molecule has 2 rings (SSSR count). The summed E-state index contributed by atoms with van der Waals surface area (Å²) in [4.78, 5) is 16.4. The first kappa shape index (κ1) is 14.0. The largest absolute Gasteiger partial charge is 0.394 e. The average molecular weight is 266 g/mol. The van der Waals surface area contributed by atoms with Crippen LogP contribution in [0.4, 0.5) is 0 Å². The van der Waals surface area contributed by atoms with Gasteiger partial charge in [0.2, 0.25) is 5.82 Å². The van der Waals surface area contributed by atoms with Gasteiger partial charge in [0.05, 0.1) is 12.1 Å². The molecule has 6 nitrogen and oxygen atoms in total. The van der Waals surface area contributed by atoms with Crippen LogP contribution in [0.2, 0.25) is 0 Å². The molecule has 1 fully saturated rings. The number of H-pyrrole nitrogens is 1. The summed E-state index contributed by atoms with van der Waals surface area (Å²) in [7, 11) is 0. The Morgan fingerprint density at radius 1 is 1.42 bits per heavy atom. The minimum Gasteiger partial charge on any atom is -0.394 e. The number of amides is 1.